The number of aryl methyl sites for hydroxylation is 1. The minimum Gasteiger partial charge on any atom is -0.871 e. The number of hydrogen-bond donors (Lipinski definition) is 0. The fourth-order valence-electron chi connectivity index (χ4n) is 5.36. The van der Waals surface area contributed by atoms with Gasteiger partial charge in [-0.25, -0.2) is 8.42 Å². The van der Waals surface area contributed by atoms with Crippen LogP contribution in [0.5, 0.6) is 17.2 Å². The molecule has 0 aliphatic heterocycles. The van der Waals surface area contributed by atoms with Gasteiger partial charge in [-0.3, -0.25) is 25.0 Å². The van der Waals surface area contributed by atoms with Crippen LogP contribution in [0.1, 0.15) is 5.69 Å². The summed E-state index contributed by atoms with van der Waals surface area (Å²) in [6, 6.07) is 25.2. The molecule has 0 amide bonds. The van der Waals surface area contributed by atoms with Crippen LogP contribution < -0.4 is 85.1 Å². The molecule has 0 N–H and O–H groups in total. The van der Waals surface area contributed by atoms with E-state index < -0.39 is 53.4 Å². The Bertz CT molecular complexity index is 2950. The molecule has 19 nitrogen and oxygen atoms in total. The Hall–Kier alpha value is -5.31. The van der Waals surface area contributed by atoms with E-state index in [2.05, 4.69) is 25.6 Å². The number of hydrogen-bond acceptors (Lipinski definition) is 15. The number of benzene rings is 6. The first kappa shape index (κ1) is 48.1. The first-order chi connectivity index (χ1) is 26.6. The maximum Gasteiger partial charge on any atom is 3.00 e. The maximum absolute atomic E-state index is 12.5. The molecule has 0 unspecified atom stereocenters. The zero-order chi connectivity index (χ0) is 40.3. The molecule has 1 aromatic heterocycles. The van der Waals surface area contributed by atoms with Gasteiger partial charge >= 0.3 is 76.5 Å². The zero-order valence-corrected chi connectivity index (χ0v) is 36.9. The Morgan fingerprint density at radius 2 is 1.19 bits per heavy atom. The fourth-order valence-corrected chi connectivity index (χ4v) is 6.05. The third-order valence-electron chi connectivity index (χ3n) is 8.01. The predicted octanol–water partition coefficient (Wildman–Crippen LogP) is -0.126. The van der Waals surface area contributed by atoms with Gasteiger partial charge in [0, 0.05) is 46.1 Å². The number of non-ortho nitro benzene ring substituents is 2. The molecule has 0 saturated heterocycles. The number of para-hydroxylation sites is 1. The zero-order valence-electron chi connectivity index (χ0n) is 30.8. The van der Waals surface area contributed by atoms with E-state index in [4.69, 9.17) is 0 Å². The van der Waals surface area contributed by atoms with Crippen LogP contribution in [-0.4, -0.2) is 27.5 Å². The summed E-state index contributed by atoms with van der Waals surface area (Å²) < 4.78 is 36.0. The van der Waals surface area contributed by atoms with Crippen molar-refractivity contribution in [3.63, 3.8) is 0 Å². The molecule has 0 spiro atoms. The molecule has 0 aliphatic carbocycles. The molecule has 59 heavy (non-hydrogen) atoms. The van der Waals surface area contributed by atoms with E-state index in [1.165, 1.54) is 10.7 Å². The van der Waals surface area contributed by atoms with E-state index in [-0.39, 0.29) is 116 Å². The Kier molecular flexibility index (Phi) is 16.4. The molecular weight excluding hydrogens is 850 g/mol. The van der Waals surface area contributed by atoms with E-state index >= 15 is 0 Å². The molecule has 0 bridgehead atoms. The molecule has 0 atom stereocenters. The number of nitro benzene ring substituents is 2. The standard InChI is InChI=1S/C20H13N3O7S.C16H13N5O4.Cr.2Na/c24-16-8-5-11-3-1-2-4-13(11)19(16)21-22-20-14-7-6-12(23(26)27)9-15(14)18(10-17(20)25)31(28,29)30;1-10-15(16(23)20(19-10)11-5-3-2-4-6-11)18-17-13-9-12(21(24)25)7-8-14(13)22;;;/h1-10,24-25H,(H,28,29,30);2-9H,1H3,(H2,17,18,19,22,23);;;/q;;+3;2*+1/p-5. The Morgan fingerprint density at radius 1 is 0.627 bits per heavy atom. The van der Waals surface area contributed by atoms with Gasteiger partial charge in [-0.05, 0) is 29.7 Å². The monoisotopic (exact) mass is 871 g/mol. The maximum atomic E-state index is 12.5. The summed E-state index contributed by atoms with van der Waals surface area (Å²) in [7, 11) is -5.11. The molecule has 285 valence electrons. The minimum atomic E-state index is -5.11. The summed E-state index contributed by atoms with van der Waals surface area (Å²) >= 11 is 0. The fraction of sp³-hybridized carbons (Fsp3) is 0.0278. The van der Waals surface area contributed by atoms with Crippen molar-refractivity contribution in [2.45, 2.75) is 11.8 Å². The summed E-state index contributed by atoms with van der Waals surface area (Å²) in [6.45, 7) is 1.58. The van der Waals surface area contributed by atoms with E-state index in [9.17, 15) is 53.3 Å². The molecular formula is C36H21CrN8Na2O11S. The Balaban J connectivity index is 0.000000306. The number of rotatable bonds is 8. The van der Waals surface area contributed by atoms with Gasteiger partial charge in [-0.15, -0.1) is 10.8 Å². The Labute approximate surface area is 387 Å². The van der Waals surface area contributed by atoms with Crippen LogP contribution in [0.15, 0.2) is 139 Å². The predicted molar refractivity (Wildman–Crippen MR) is 192 cm³/mol. The van der Waals surface area contributed by atoms with Gasteiger partial charge in [0.15, 0.2) is 0 Å². The number of azo groups is 2. The molecule has 0 aliphatic rings. The second-order valence-corrected chi connectivity index (χ2v) is 12.9. The average molecular weight is 872 g/mol. The summed E-state index contributed by atoms with van der Waals surface area (Å²) in [5.41, 5.74) is -1.01. The summed E-state index contributed by atoms with van der Waals surface area (Å²) in [6.07, 6.45) is 0. The molecule has 1 heterocycles. The van der Waals surface area contributed by atoms with Crippen LogP contribution in [0.2, 0.25) is 0 Å². The summed E-state index contributed by atoms with van der Waals surface area (Å²) in [5, 5.41) is 78.5. The Morgan fingerprint density at radius 3 is 1.83 bits per heavy atom. The average Bonchev–Trinajstić information content (AvgIpc) is 3.46. The first-order valence-corrected chi connectivity index (χ1v) is 17.2. The first-order valence-electron chi connectivity index (χ1n) is 15.8. The van der Waals surface area contributed by atoms with Crippen LogP contribution in [0.25, 0.3) is 27.2 Å². The van der Waals surface area contributed by atoms with Crippen molar-refractivity contribution in [2.75, 3.05) is 0 Å². The van der Waals surface area contributed by atoms with Gasteiger partial charge in [0.05, 0.1) is 31.8 Å². The van der Waals surface area contributed by atoms with Crippen molar-refractivity contribution < 1.29 is 115 Å². The van der Waals surface area contributed by atoms with Gasteiger partial charge in [-0.2, -0.15) is 15.3 Å². The second-order valence-electron chi connectivity index (χ2n) is 11.6. The van der Waals surface area contributed by atoms with Crippen molar-refractivity contribution >= 4 is 65.8 Å². The van der Waals surface area contributed by atoms with Gasteiger partial charge in [0.1, 0.15) is 15.8 Å². The van der Waals surface area contributed by atoms with E-state index in [0.717, 1.165) is 36.4 Å². The number of fused-ring (bicyclic) bond motifs is 2. The molecule has 7 aromatic rings. The van der Waals surface area contributed by atoms with Gasteiger partial charge < -0.3 is 29.7 Å². The van der Waals surface area contributed by atoms with Crippen molar-refractivity contribution in [1.29, 1.82) is 0 Å². The quantitative estimate of drug-likeness (QED) is 0.0635. The van der Waals surface area contributed by atoms with Gasteiger partial charge in [0.2, 0.25) is 0 Å². The van der Waals surface area contributed by atoms with Gasteiger partial charge in [-0.1, -0.05) is 84.8 Å². The summed E-state index contributed by atoms with van der Waals surface area (Å²) in [4.78, 5) is 32.0. The smallest absolute Gasteiger partial charge is 0.871 e. The van der Waals surface area contributed by atoms with Crippen LogP contribution in [0.3, 0.4) is 0 Å². The SMILES string of the molecule is Cc1[n-]n(-c2ccccc2)c(=O)c1N=Nc1cc([N+](=O)[O-])ccc1[O-].O=[N+]([O-])c1ccc2c(N=Nc3c([O-])ccc4ccccc34)c([O-])cc(S(=O)(=O)[O-])c2c1.[Cr+3].[Na+].[Na+]. The molecule has 0 fully saturated rings. The van der Waals surface area contributed by atoms with Crippen LogP contribution in [-0.2, 0) is 27.5 Å². The van der Waals surface area contributed by atoms with E-state index in [1.807, 2.05) is 6.07 Å². The third kappa shape index (κ3) is 10.7. The largest absolute Gasteiger partial charge is 3.00 e. The topological polar surface area (TPSA) is 298 Å². The molecule has 1 radical (unpaired) electrons. The minimum absolute atomic E-state index is 0. The van der Waals surface area contributed by atoms with Gasteiger partial charge in [0.25, 0.3) is 16.9 Å². The third-order valence-corrected chi connectivity index (χ3v) is 8.89. The van der Waals surface area contributed by atoms with E-state index in [0.29, 0.717) is 28.2 Å². The van der Waals surface area contributed by atoms with Crippen molar-refractivity contribution in [3.8, 4) is 22.9 Å². The number of nitrogens with zero attached hydrogens (tertiary/aromatic N) is 8. The van der Waals surface area contributed by atoms with Crippen molar-refractivity contribution in [1.82, 2.24) is 9.78 Å². The van der Waals surface area contributed by atoms with Crippen molar-refractivity contribution in [3.05, 3.63) is 145 Å². The second kappa shape index (κ2) is 20.1. The van der Waals surface area contributed by atoms with Crippen LogP contribution >= 0.6 is 0 Å². The number of nitro groups is 2. The molecule has 23 heteroatoms. The molecule has 6 aromatic carbocycles. The molecule has 7 rings (SSSR count). The number of aromatic nitrogens is 2. The van der Waals surface area contributed by atoms with Crippen LogP contribution in [0, 0.1) is 27.2 Å². The van der Waals surface area contributed by atoms with Crippen molar-refractivity contribution in [2.24, 2.45) is 20.5 Å². The normalized spacial score (nSPS) is 11.0. The van der Waals surface area contributed by atoms with E-state index in [1.54, 1.807) is 61.5 Å². The summed E-state index contributed by atoms with van der Waals surface area (Å²) in [5.74, 6) is -1.92. The molecule has 0 saturated carbocycles. The van der Waals surface area contributed by atoms with Crippen LogP contribution in [0.4, 0.5) is 34.1 Å².